The number of hydrogen-bond donors (Lipinski definition) is 1. The molecule has 5 nitrogen and oxygen atoms in total. The Labute approximate surface area is 185 Å². The van der Waals surface area contributed by atoms with Crippen LogP contribution in [0.25, 0.3) is 0 Å². The lowest BCUT2D eigenvalue weighted by Gasteiger charge is -2.24. The molecule has 28 heavy (non-hydrogen) atoms. The monoisotopic (exact) mass is 504 g/mol. The topological polar surface area (TPSA) is 40.1 Å². The molecule has 2 heterocycles. The first kappa shape index (κ1) is 23.2. The third kappa shape index (κ3) is 6.76. The van der Waals surface area contributed by atoms with Crippen LogP contribution in [0.4, 0.5) is 4.39 Å². The van der Waals surface area contributed by atoms with Crippen molar-refractivity contribution in [1.29, 1.82) is 0 Å². The Morgan fingerprint density at radius 1 is 1.29 bits per heavy atom. The summed E-state index contributed by atoms with van der Waals surface area (Å²) >= 11 is 0. The van der Waals surface area contributed by atoms with Crippen molar-refractivity contribution in [2.45, 2.75) is 39.2 Å². The molecule has 0 spiro atoms. The van der Waals surface area contributed by atoms with Crippen LogP contribution in [0.5, 0.6) is 5.75 Å². The first-order chi connectivity index (χ1) is 13.2. The second kappa shape index (κ2) is 11.8. The average molecular weight is 504 g/mol. The van der Waals surface area contributed by atoms with Gasteiger partial charge in [0, 0.05) is 26.2 Å². The van der Waals surface area contributed by atoms with E-state index in [0.717, 1.165) is 31.5 Å². The van der Waals surface area contributed by atoms with Crippen LogP contribution in [-0.4, -0.2) is 67.7 Å². The molecule has 2 aliphatic heterocycles. The lowest BCUT2D eigenvalue weighted by Crippen LogP contribution is -2.41. The molecular weight excluding hydrogens is 470 g/mol. The Morgan fingerprint density at radius 3 is 2.75 bits per heavy atom. The quantitative estimate of drug-likeness (QED) is 0.350. The summed E-state index contributed by atoms with van der Waals surface area (Å²) in [5, 5.41) is 3.40. The van der Waals surface area contributed by atoms with E-state index in [4.69, 9.17) is 9.73 Å². The number of rotatable bonds is 7. The van der Waals surface area contributed by atoms with Crippen LogP contribution >= 0.6 is 24.0 Å². The number of nitrogens with one attached hydrogen (secondary N) is 1. The molecule has 0 bridgehead atoms. The second-order valence-electron chi connectivity index (χ2n) is 7.66. The normalized spacial score (nSPS) is 21.5. The van der Waals surface area contributed by atoms with E-state index in [1.165, 1.54) is 45.0 Å². The summed E-state index contributed by atoms with van der Waals surface area (Å²) in [5.41, 5.74) is 0. The van der Waals surface area contributed by atoms with Crippen LogP contribution in [0.1, 0.15) is 33.1 Å². The molecule has 1 aromatic carbocycles. The van der Waals surface area contributed by atoms with E-state index in [1.807, 2.05) is 6.92 Å². The third-order valence-electron chi connectivity index (χ3n) is 5.30. The molecular formula is C21H34FIN4O. The lowest BCUT2D eigenvalue weighted by atomic mass is 10.1. The maximum Gasteiger partial charge on any atom is 0.194 e. The number of hydrogen-bond acceptors (Lipinski definition) is 3. The molecule has 2 saturated heterocycles. The number of nitrogens with zero attached hydrogens (tertiary/aromatic N) is 3. The fourth-order valence-electron chi connectivity index (χ4n) is 3.94. The van der Waals surface area contributed by atoms with Gasteiger partial charge in [0.05, 0.1) is 6.54 Å². The zero-order chi connectivity index (χ0) is 19.1. The third-order valence-corrected chi connectivity index (χ3v) is 5.30. The van der Waals surface area contributed by atoms with Crippen LogP contribution in [0.2, 0.25) is 0 Å². The predicted octanol–water partition coefficient (Wildman–Crippen LogP) is 3.59. The van der Waals surface area contributed by atoms with Crippen molar-refractivity contribution >= 4 is 29.9 Å². The summed E-state index contributed by atoms with van der Waals surface area (Å²) in [6.45, 7) is 11.2. The summed E-state index contributed by atoms with van der Waals surface area (Å²) in [4.78, 5) is 9.72. The van der Waals surface area contributed by atoms with Gasteiger partial charge in [0.1, 0.15) is 6.10 Å². The van der Waals surface area contributed by atoms with E-state index < -0.39 is 0 Å². The Bertz CT molecular complexity index is 624. The molecule has 0 amide bonds. The van der Waals surface area contributed by atoms with E-state index in [9.17, 15) is 4.39 Å². The highest BCUT2D eigenvalue weighted by Crippen LogP contribution is 2.20. The minimum atomic E-state index is -0.329. The van der Waals surface area contributed by atoms with Gasteiger partial charge in [0.2, 0.25) is 0 Å². The van der Waals surface area contributed by atoms with Crippen molar-refractivity contribution in [3.8, 4) is 5.75 Å². The number of aliphatic imine (C=N–C) groups is 1. The number of halogens is 2. The summed E-state index contributed by atoms with van der Waals surface area (Å²) in [5.74, 6) is 1.63. The molecule has 1 aromatic rings. The minimum absolute atomic E-state index is 0. The van der Waals surface area contributed by atoms with Gasteiger partial charge in [-0.3, -0.25) is 0 Å². The van der Waals surface area contributed by atoms with Crippen molar-refractivity contribution in [2.75, 3.05) is 45.8 Å². The van der Waals surface area contributed by atoms with E-state index >= 15 is 0 Å². The molecule has 2 atom stereocenters. The summed E-state index contributed by atoms with van der Waals surface area (Å²) in [7, 11) is 0. The highest BCUT2D eigenvalue weighted by Gasteiger charge is 2.27. The zero-order valence-electron chi connectivity index (χ0n) is 17.1. The Kier molecular flexibility index (Phi) is 9.77. The lowest BCUT2D eigenvalue weighted by molar-refractivity contribution is 0.219. The summed E-state index contributed by atoms with van der Waals surface area (Å²) in [6, 6.07) is 6.52. The smallest absolute Gasteiger partial charge is 0.194 e. The molecule has 1 N–H and O–H groups in total. The van der Waals surface area contributed by atoms with Crippen LogP contribution in [0.15, 0.2) is 29.3 Å². The minimum Gasteiger partial charge on any atom is -0.486 e. The maximum absolute atomic E-state index is 13.7. The molecule has 0 saturated carbocycles. The standard InChI is InChI=1S/C21H33FN4O.HI/c1-3-23-21(24-14-17(2)27-20-9-5-4-8-19(20)22)26-13-10-18(16-26)15-25-11-6-7-12-25;/h4-5,8-9,17-18H,3,6-7,10-16H2,1-2H3,(H,23,24);1H. The second-order valence-corrected chi connectivity index (χ2v) is 7.66. The van der Waals surface area contributed by atoms with Gasteiger partial charge >= 0.3 is 0 Å². The van der Waals surface area contributed by atoms with Gasteiger partial charge in [-0.05, 0) is 64.3 Å². The molecule has 0 radical (unpaired) electrons. The predicted molar refractivity (Wildman–Crippen MR) is 123 cm³/mol. The van der Waals surface area contributed by atoms with E-state index in [1.54, 1.807) is 18.2 Å². The van der Waals surface area contributed by atoms with E-state index in [2.05, 4.69) is 22.0 Å². The van der Waals surface area contributed by atoms with Gasteiger partial charge in [0.25, 0.3) is 0 Å². The van der Waals surface area contributed by atoms with Gasteiger partial charge in [-0.1, -0.05) is 12.1 Å². The summed E-state index contributed by atoms with van der Waals surface area (Å²) < 4.78 is 19.5. The average Bonchev–Trinajstić information content (AvgIpc) is 3.33. The Hall–Kier alpha value is -1.09. The molecule has 2 aliphatic rings. The first-order valence-corrected chi connectivity index (χ1v) is 10.3. The van der Waals surface area contributed by atoms with Gasteiger partial charge in [-0.25, -0.2) is 9.38 Å². The van der Waals surface area contributed by atoms with Gasteiger partial charge in [-0.2, -0.15) is 0 Å². The van der Waals surface area contributed by atoms with Gasteiger partial charge in [-0.15, -0.1) is 24.0 Å². The fourth-order valence-corrected chi connectivity index (χ4v) is 3.94. The van der Waals surface area contributed by atoms with Crippen LogP contribution in [-0.2, 0) is 0 Å². The van der Waals surface area contributed by atoms with Crippen molar-refractivity contribution < 1.29 is 9.13 Å². The van der Waals surface area contributed by atoms with Crippen LogP contribution < -0.4 is 10.1 Å². The molecule has 2 fully saturated rings. The Morgan fingerprint density at radius 2 is 2.04 bits per heavy atom. The number of benzene rings is 1. The number of likely N-dealkylation sites (tertiary alicyclic amines) is 2. The van der Waals surface area contributed by atoms with Crippen molar-refractivity contribution in [2.24, 2.45) is 10.9 Å². The molecule has 0 aromatic heterocycles. The summed E-state index contributed by atoms with van der Waals surface area (Å²) in [6.07, 6.45) is 3.74. The molecule has 158 valence electrons. The maximum atomic E-state index is 13.7. The van der Waals surface area contributed by atoms with Crippen LogP contribution in [0.3, 0.4) is 0 Å². The Balaban J connectivity index is 0.00000280. The number of para-hydroxylation sites is 1. The highest BCUT2D eigenvalue weighted by atomic mass is 127. The first-order valence-electron chi connectivity index (χ1n) is 10.3. The molecule has 7 heteroatoms. The molecule has 3 rings (SSSR count). The van der Waals surface area contributed by atoms with Gasteiger partial charge in [0.15, 0.2) is 17.5 Å². The zero-order valence-corrected chi connectivity index (χ0v) is 19.4. The van der Waals surface area contributed by atoms with Crippen molar-refractivity contribution in [3.05, 3.63) is 30.1 Å². The SMILES string of the molecule is CCNC(=NCC(C)Oc1ccccc1F)N1CCC(CN2CCCC2)C1.I. The molecule has 2 unspecified atom stereocenters. The molecule has 0 aliphatic carbocycles. The number of ether oxygens (including phenoxy) is 1. The fraction of sp³-hybridized carbons (Fsp3) is 0.667. The van der Waals surface area contributed by atoms with Crippen LogP contribution in [0, 0.1) is 11.7 Å². The number of guanidine groups is 1. The van der Waals surface area contributed by atoms with Crippen molar-refractivity contribution in [3.63, 3.8) is 0 Å². The van der Waals surface area contributed by atoms with Gasteiger partial charge < -0.3 is 19.9 Å². The highest BCUT2D eigenvalue weighted by molar-refractivity contribution is 14.0. The largest absolute Gasteiger partial charge is 0.486 e. The van der Waals surface area contributed by atoms with Crippen molar-refractivity contribution in [1.82, 2.24) is 15.1 Å². The van der Waals surface area contributed by atoms with E-state index in [0.29, 0.717) is 6.54 Å². The van der Waals surface area contributed by atoms with E-state index in [-0.39, 0.29) is 41.6 Å².